The fourth-order valence-corrected chi connectivity index (χ4v) is 3.07. The largest absolute Gasteiger partial charge is 0.445 e. The van der Waals surface area contributed by atoms with Gasteiger partial charge in [0.1, 0.15) is 12.6 Å². The number of carbonyl (C=O) groups excluding carboxylic acids is 2. The van der Waals surface area contributed by atoms with Crippen molar-refractivity contribution in [3.63, 3.8) is 0 Å². The second-order valence-corrected chi connectivity index (χ2v) is 6.83. The molecule has 0 aliphatic heterocycles. The number of amides is 2. The Kier molecular flexibility index (Phi) is 7.95. The lowest BCUT2D eigenvalue weighted by Gasteiger charge is -2.20. The highest BCUT2D eigenvalue weighted by atomic mass is 32.2. The van der Waals surface area contributed by atoms with E-state index >= 15 is 0 Å². The zero-order valence-corrected chi connectivity index (χ0v) is 14.8. The van der Waals surface area contributed by atoms with Crippen LogP contribution in [0.2, 0.25) is 0 Å². The first-order chi connectivity index (χ1) is 11.7. The van der Waals surface area contributed by atoms with Crippen LogP contribution in [0.25, 0.3) is 0 Å². The molecule has 5 nitrogen and oxygen atoms in total. The maximum absolute atomic E-state index is 12.4. The Morgan fingerprint density at radius 2 is 2.12 bits per heavy atom. The first-order valence-electron chi connectivity index (χ1n) is 8.27. The summed E-state index contributed by atoms with van der Waals surface area (Å²) in [6.07, 6.45) is 7.10. The Labute approximate surface area is 147 Å². The molecule has 1 aliphatic rings. The molecular formula is C18H25N2O3S. The van der Waals surface area contributed by atoms with Crippen molar-refractivity contribution in [3.05, 3.63) is 42.3 Å². The molecule has 0 saturated heterocycles. The standard InChI is InChI=1S/C18H25N2O3S/c1-24-12-11-16(17(21)19-15-9-5-6-10-15)20-18(22)23-13-14-7-3-2-4-8-14/h2-5,7-8,15-16H,6,9-13H2,1H3,(H,19,21)(H,20,22)/t15-,16-/m0/s1. The van der Waals surface area contributed by atoms with Gasteiger partial charge in [0.15, 0.2) is 0 Å². The predicted molar refractivity (Wildman–Crippen MR) is 96.6 cm³/mol. The first kappa shape index (κ1) is 18.6. The minimum Gasteiger partial charge on any atom is -0.445 e. The van der Waals surface area contributed by atoms with Gasteiger partial charge in [0.05, 0.1) is 0 Å². The number of carbonyl (C=O) groups is 2. The third kappa shape index (κ3) is 6.43. The van der Waals surface area contributed by atoms with Gasteiger partial charge in [-0.3, -0.25) is 4.79 Å². The fourth-order valence-electron chi connectivity index (χ4n) is 2.60. The third-order valence-electron chi connectivity index (χ3n) is 3.95. The zero-order valence-electron chi connectivity index (χ0n) is 14.0. The lowest BCUT2D eigenvalue weighted by molar-refractivity contribution is -0.123. The van der Waals surface area contributed by atoms with E-state index in [4.69, 9.17) is 4.74 Å². The molecule has 2 atom stereocenters. The summed E-state index contributed by atoms with van der Waals surface area (Å²) in [5.74, 6) is 0.675. The lowest BCUT2D eigenvalue weighted by atomic mass is 10.2. The lowest BCUT2D eigenvalue weighted by Crippen LogP contribution is -2.49. The summed E-state index contributed by atoms with van der Waals surface area (Å²) in [6.45, 7) is 0.196. The van der Waals surface area contributed by atoms with Crippen molar-refractivity contribution in [2.45, 2.75) is 44.4 Å². The number of thioether (sulfide) groups is 1. The molecule has 1 aromatic carbocycles. The summed E-state index contributed by atoms with van der Waals surface area (Å²) in [6, 6.07) is 9.11. The Balaban J connectivity index is 1.82. The normalized spacial score (nSPS) is 15.7. The van der Waals surface area contributed by atoms with E-state index in [1.807, 2.05) is 36.6 Å². The van der Waals surface area contributed by atoms with E-state index in [1.54, 1.807) is 11.8 Å². The molecule has 0 bridgehead atoms. The molecule has 1 radical (unpaired) electrons. The molecule has 0 unspecified atom stereocenters. The quantitative estimate of drug-likeness (QED) is 0.757. The molecule has 24 heavy (non-hydrogen) atoms. The summed E-state index contributed by atoms with van der Waals surface area (Å²) in [5.41, 5.74) is 0.916. The molecule has 2 N–H and O–H groups in total. The van der Waals surface area contributed by atoms with E-state index in [0.717, 1.165) is 30.6 Å². The van der Waals surface area contributed by atoms with Crippen LogP contribution in [0.5, 0.6) is 0 Å². The van der Waals surface area contributed by atoms with Crippen LogP contribution in [0, 0.1) is 6.42 Å². The third-order valence-corrected chi connectivity index (χ3v) is 4.59. The van der Waals surface area contributed by atoms with Crippen molar-refractivity contribution in [1.82, 2.24) is 10.6 Å². The van der Waals surface area contributed by atoms with E-state index in [2.05, 4.69) is 17.1 Å². The molecular weight excluding hydrogens is 324 g/mol. The highest BCUT2D eigenvalue weighted by Gasteiger charge is 2.25. The molecule has 1 aromatic rings. The van der Waals surface area contributed by atoms with E-state index in [0.29, 0.717) is 6.42 Å². The van der Waals surface area contributed by atoms with Crippen LogP contribution >= 0.6 is 11.8 Å². The van der Waals surface area contributed by atoms with Gasteiger partial charge < -0.3 is 15.4 Å². The van der Waals surface area contributed by atoms with Crippen LogP contribution in [-0.2, 0) is 16.1 Å². The summed E-state index contributed by atoms with van der Waals surface area (Å²) < 4.78 is 5.22. The average molecular weight is 349 g/mol. The van der Waals surface area contributed by atoms with Crippen LogP contribution in [0.15, 0.2) is 30.3 Å². The SMILES string of the molecule is CSCC[C@H](NC(=O)OCc1ccccc1)C(=O)N[C@H]1C[CH]CC1. The van der Waals surface area contributed by atoms with Gasteiger partial charge in [-0.15, -0.1) is 0 Å². The fraction of sp³-hybridized carbons (Fsp3) is 0.500. The second kappa shape index (κ2) is 10.2. The number of nitrogens with one attached hydrogen (secondary N) is 2. The van der Waals surface area contributed by atoms with Gasteiger partial charge in [-0.1, -0.05) is 30.3 Å². The monoisotopic (exact) mass is 349 g/mol. The van der Waals surface area contributed by atoms with Crippen LogP contribution in [0.4, 0.5) is 4.79 Å². The summed E-state index contributed by atoms with van der Waals surface area (Å²) in [5, 5.41) is 5.72. The Morgan fingerprint density at radius 1 is 1.33 bits per heavy atom. The van der Waals surface area contributed by atoms with E-state index in [-0.39, 0.29) is 18.6 Å². The van der Waals surface area contributed by atoms with Gasteiger partial charge in [-0.25, -0.2) is 4.79 Å². The van der Waals surface area contributed by atoms with Crippen LogP contribution in [-0.4, -0.2) is 36.1 Å². The summed E-state index contributed by atoms with van der Waals surface area (Å²) in [4.78, 5) is 24.4. The average Bonchev–Trinajstić information content (AvgIpc) is 3.10. The van der Waals surface area contributed by atoms with Crippen LogP contribution in [0.1, 0.15) is 31.2 Å². The molecule has 1 aliphatic carbocycles. The van der Waals surface area contributed by atoms with E-state index in [9.17, 15) is 9.59 Å². The van der Waals surface area contributed by atoms with E-state index in [1.165, 1.54) is 0 Å². The molecule has 0 heterocycles. The van der Waals surface area contributed by atoms with Gasteiger partial charge in [0.25, 0.3) is 0 Å². The van der Waals surface area contributed by atoms with Crippen molar-refractivity contribution in [2.24, 2.45) is 0 Å². The van der Waals surface area contributed by atoms with Crippen molar-refractivity contribution in [2.75, 3.05) is 12.0 Å². The van der Waals surface area contributed by atoms with Crippen molar-refractivity contribution in [1.29, 1.82) is 0 Å². The molecule has 6 heteroatoms. The topological polar surface area (TPSA) is 67.4 Å². The van der Waals surface area contributed by atoms with Gasteiger partial charge in [-0.05, 0) is 49.7 Å². The first-order valence-corrected chi connectivity index (χ1v) is 9.66. The summed E-state index contributed by atoms with van der Waals surface area (Å²) >= 11 is 1.65. The van der Waals surface area contributed by atoms with Crippen LogP contribution in [0.3, 0.4) is 0 Å². The summed E-state index contributed by atoms with van der Waals surface area (Å²) in [7, 11) is 0. The molecule has 0 aromatic heterocycles. The van der Waals surface area contributed by atoms with Crippen molar-refractivity contribution < 1.29 is 14.3 Å². The maximum atomic E-state index is 12.4. The minimum absolute atomic E-state index is 0.124. The molecule has 1 fully saturated rings. The molecule has 131 valence electrons. The van der Waals surface area contributed by atoms with Gasteiger partial charge in [0, 0.05) is 6.04 Å². The second-order valence-electron chi connectivity index (χ2n) is 5.85. The van der Waals surface area contributed by atoms with Crippen molar-refractivity contribution >= 4 is 23.8 Å². The zero-order chi connectivity index (χ0) is 17.2. The smallest absolute Gasteiger partial charge is 0.408 e. The number of rotatable bonds is 8. The highest BCUT2D eigenvalue weighted by Crippen LogP contribution is 2.17. The molecule has 2 amide bonds. The number of alkyl carbamates (subject to hydrolysis) is 1. The molecule has 1 saturated carbocycles. The number of hydrogen-bond acceptors (Lipinski definition) is 4. The Bertz CT molecular complexity index is 518. The minimum atomic E-state index is -0.557. The van der Waals surface area contributed by atoms with Gasteiger partial charge in [-0.2, -0.15) is 11.8 Å². The van der Waals surface area contributed by atoms with Gasteiger partial charge >= 0.3 is 6.09 Å². The maximum Gasteiger partial charge on any atom is 0.408 e. The number of benzene rings is 1. The predicted octanol–water partition coefficient (Wildman–Crippen LogP) is 2.91. The highest BCUT2D eigenvalue weighted by molar-refractivity contribution is 7.98. The number of ether oxygens (including phenoxy) is 1. The number of hydrogen-bond donors (Lipinski definition) is 2. The van der Waals surface area contributed by atoms with Crippen molar-refractivity contribution in [3.8, 4) is 0 Å². The molecule has 2 rings (SSSR count). The van der Waals surface area contributed by atoms with Gasteiger partial charge in [0.2, 0.25) is 5.91 Å². The Morgan fingerprint density at radius 3 is 2.79 bits per heavy atom. The molecule has 0 spiro atoms. The Hall–Kier alpha value is -1.69. The van der Waals surface area contributed by atoms with Crippen LogP contribution < -0.4 is 10.6 Å². The van der Waals surface area contributed by atoms with E-state index < -0.39 is 12.1 Å².